The summed E-state index contributed by atoms with van der Waals surface area (Å²) in [6.45, 7) is 0.252. The van der Waals surface area contributed by atoms with Gasteiger partial charge in [-0.1, -0.05) is 0 Å². The van der Waals surface area contributed by atoms with Crippen molar-refractivity contribution in [2.45, 2.75) is 6.42 Å². The van der Waals surface area contributed by atoms with Crippen LogP contribution in [0.1, 0.15) is 6.42 Å². The number of benzene rings is 1. The van der Waals surface area contributed by atoms with E-state index in [4.69, 9.17) is 10.5 Å². The van der Waals surface area contributed by atoms with Gasteiger partial charge in [-0.05, 0) is 30.7 Å². The quantitative estimate of drug-likeness (QED) is 0.552. The molecule has 0 amide bonds. The molecule has 0 aromatic heterocycles. The van der Waals surface area contributed by atoms with Crippen molar-refractivity contribution in [2.24, 2.45) is 0 Å². The molecule has 0 spiro atoms. The van der Waals surface area contributed by atoms with Gasteiger partial charge in [-0.15, -0.1) is 0 Å². The number of hydrogen-bond acceptors (Lipinski definition) is 6. The van der Waals surface area contributed by atoms with Crippen molar-refractivity contribution in [3.63, 3.8) is 0 Å². The predicted octanol–water partition coefficient (Wildman–Crippen LogP) is 0.497. The Morgan fingerprint density at radius 1 is 1.00 bits per heavy atom. The Hall–Kier alpha value is -1.28. The summed E-state index contributed by atoms with van der Waals surface area (Å²) >= 11 is 0. The summed E-state index contributed by atoms with van der Waals surface area (Å²) < 4.78 is 50.4. The van der Waals surface area contributed by atoms with Crippen molar-refractivity contribution in [1.29, 1.82) is 0 Å². The van der Waals surface area contributed by atoms with Crippen LogP contribution in [0.5, 0.6) is 5.75 Å². The summed E-state index contributed by atoms with van der Waals surface area (Å²) in [5.74, 6) is -0.146. The predicted molar refractivity (Wildman–Crippen MR) is 79.3 cm³/mol. The van der Waals surface area contributed by atoms with E-state index < -0.39 is 19.7 Å². The number of ether oxygens (including phenoxy) is 1. The summed E-state index contributed by atoms with van der Waals surface area (Å²) in [7, 11) is -6.61. The van der Waals surface area contributed by atoms with Gasteiger partial charge >= 0.3 is 0 Å². The molecule has 0 radical (unpaired) electrons. The Labute approximate surface area is 119 Å². The van der Waals surface area contributed by atoms with E-state index in [0.29, 0.717) is 17.9 Å². The Balaban J connectivity index is 2.31. The fourth-order valence-corrected chi connectivity index (χ4v) is 4.40. The molecule has 114 valence electrons. The van der Waals surface area contributed by atoms with Crippen LogP contribution in [0.2, 0.25) is 0 Å². The van der Waals surface area contributed by atoms with Gasteiger partial charge in [0, 0.05) is 11.9 Å². The summed E-state index contributed by atoms with van der Waals surface area (Å²) in [6, 6.07) is 6.79. The van der Waals surface area contributed by atoms with Crippen LogP contribution in [0, 0.1) is 0 Å². The van der Waals surface area contributed by atoms with E-state index in [1.807, 2.05) is 0 Å². The van der Waals surface area contributed by atoms with Crippen molar-refractivity contribution >= 4 is 25.4 Å². The minimum Gasteiger partial charge on any atom is -0.494 e. The van der Waals surface area contributed by atoms with Gasteiger partial charge in [-0.25, -0.2) is 16.8 Å². The molecule has 2 N–H and O–H groups in total. The number of nitrogen functional groups attached to an aromatic ring is 1. The van der Waals surface area contributed by atoms with E-state index in [-0.39, 0.29) is 23.9 Å². The van der Waals surface area contributed by atoms with E-state index in [1.165, 1.54) is 0 Å². The lowest BCUT2D eigenvalue weighted by atomic mass is 10.3. The monoisotopic (exact) mass is 321 g/mol. The number of nitrogens with two attached hydrogens (primary N) is 1. The van der Waals surface area contributed by atoms with E-state index in [0.717, 1.165) is 6.26 Å². The van der Waals surface area contributed by atoms with Crippen molar-refractivity contribution < 1.29 is 21.6 Å². The molecule has 0 aliphatic carbocycles. The highest BCUT2D eigenvalue weighted by atomic mass is 32.2. The van der Waals surface area contributed by atoms with Gasteiger partial charge in [0.2, 0.25) is 0 Å². The standard InChI is InChI=1S/C12H19NO5S2/c1-19(14,15)9-10-20(16,17)8-2-7-18-12-5-3-11(13)4-6-12/h3-6H,2,7-10,13H2,1H3. The van der Waals surface area contributed by atoms with Crippen LogP contribution >= 0.6 is 0 Å². The number of sulfone groups is 2. The molecule has 0 unspecified atom stereocenters. The van der Waals surface area contributed by atoms with Gasteiger partial charge in [0.05, 0.1) is 23.9 Å². The third-order valence-corrected chi connectivity index (χ3v) is 5.45. The highest BCUT2D eigenvalue weighted by molar-refractivity contribution is 7.94. The zero-order chi connectivity index (χ0) is 15.2. The summed E-state index contributed by atoms with van der Waals surface area (Å²) in [4.78, 5) is 0. The Morgan fingerprint density at radius 3 is 2.15 bits per heavy atom. The highest BCUT2D eigenvalue weighted by Crippen LogP contribution is 2.13. The molecule has 0 atom stereocenters. The summed E-state index contributed by atoms with van der Waals surface area (Å²) in [6.07, 6.45) is 1.34. The molecule has 0 fully saturated rings. The number of anilines is 1. The maximum atomic E-state index is 11.6. The van der Waals surface area contributed by atoms with Crippen molar-refractivity contribution in [3.05, 3.63) is 24.3 Å². The molecule has 20 heavy (non-hydrogen) atoms. The number of hydrogen-bond donors (Lipinski definition) is 1. The molecule has 0 aliphatic heterocycles. The minimum absolute atomic E-state index is 0.0858. The largest absolute Gasteiger partial charge is 0.494 e. The van der Waals surface area contributed by atoms with Crippen LogP contribution in [-0.2, 0) is 19.7 Å². The Morgan fingerprint density at radius 2 is 1.60 bits per heavy atom. The van der Waals surface area contributed by atoms with Gasteiger partial charge in [-0.2, -0.15) is 0 Å². The maximum Gasteiger partial charge on any atom is 0.151 e. The zero-order valence-corrected chi connectivity index (χ0v) is 12.9. The second-order valence-corrected chi connectivity index (χ2v) is 9.12. The lowest BCUT2D eigenvalue weighted by Gasteiger charge is -2.07. The van der Waals surface area contributed by atoms with Crippen LogP contribution in [-0.4, -0.2) is 47.0 Å². The summed E-state index contributed by atoms with van der Waals surface area (Å²) in [5.41, 5.74) is 6.15. The molecule has 1 rings (SSSR count). The van der Waals surface area contributed by atoms with E-state index in [9.17, 15) is 16.8 Å². The first-order chi connectivity index (χ1) is 9.18. The second kappa shape index (κ2) is 6.94. The highest BCUT2D eigenvalue weighted by Gasteiger charge is 2.14. The zero-order valence-electron chi connectivity index (χ0n) is 11.3. The Bertz CT molecular complexity index is 620. The van der Waals surface area contributed by atoms with Crippen LogP contribution < -0.4 is 10.5 Å². The lowest BCUT2D eigenvalue weighted by Crippen LogP contribution is -2.19. The average Bonchev–Trinajstić information content (AvgIpc) is 2.34. The third-order valence-electron chi connectivity index (χ3n) is 2.51. The first-order valence-electron chi connectivity index (χ1n) is 6.04. The van der Waals surface area contributed by atoms with E-state index >= 15 is 0 Å². The topological polar surface area (TPSA) is 104 Å². The Kier molecular flexibility index (Phi) is 5.82. The molecule has 0 saturated heterocycles. The van der Waals surface area contributed by atoms with Crippen LogP contribution in [0.3, 0.4) is 0 Å². The average molecular weight is 321 g/mol. The normalized spacial score (nSPS) is 12.2. The molecule has 8 heteroatoms. The SMILES string of the molecule is CS(=O)(=O)CCS(=O)(=O)CCCOc1ccc(N)cc1. The molecular weight excluding hydrogens is 302 g/mol. The molecule has 6 nitrogen and oxygen atoms in total. The maximum absolute atomic E-state index is 11.6. The fraction of sp³-hybridized carbons (Fsp3) is 0.500. The molecule has 0 bridgehead atoms. The van der Waals surface area contributed by atoms with Gasteiger partial charge in [0.1, 0.15) is 15.6 Å². The van der Waals surface area contributed by atoms with Gasteiger partial charge in [0.25, 0.3) is 0 Å². The van der Waals surface area contributed by atoms with Crippen LogP contribution in [0.25, 0.3) is 0 Å². The van der Waals surface area contributed by atoms with E-state index in [1.54, 1.807) is 24.3 Å². The number of rotatable bonds is 8. The van der Waals surface area contributed by atoms with E-state index in [2.05, 4.69) is 0 Å². The molecule has 0 saturated carbocycles. The molecule has 1 aromatic carbocycles. The van der Waals surface area contributed by atoms with Gasteiger partial charge in [0.15, 0.2) is 9.84 Å². The van der Waals surface area contributed by atoms with Crippen LogP contribution in [0.4, 0.5) is 5.69 Å². The second-order valence-electron chi connectivity index (χ2n) is 4.55. The minimum atomic E-state index is -3.36. The van der Waals surface area contributed by atoms with Crippen molar-refractivity contribution in [1.82, 2.24) is 0 Å². The van der Waals surface area contributed by atoms with Crippen LogP contribution in [0.15, 0.2) is 24.3 Å². The first-order valence-corrected chi connectivity index (χ1v) is 9.93. The smallest absolute Gasteiger partial charge is 0.151 e. The summed E-state index contributed by atoms with van der Waals surface area (Å²) in [5, 5.41) is 0. The fourth-order valence-electron chi connectivity index (χ4n) is 1.41. The van der Waals surface area contributed by atoms with Crippen molar-refractivity contribution in [3.8, 4) is 5.75 Å². The molecule has 0 aliphatic rings. The third kappa shape index (κ3) is 7.34. The van der Waals surface area contributed by atoms with Crippen molar-refractivity contribution in [2.75, 3.05) is 35.9 Å². The molecule has 0 heterocycles. The molecular formula is C12H19NO5S2. The van der Waals surface area contributed by atoms with Gasteiger partial charge in [-0.3, -0.25) is 0 Å². The lowest BCUT2D eigenvalue weighted by molar-refractivity contribution is 0.318. The van der Waals surface area contributed by atoms with Gasteiger partial charge < -0.3 is 10.5 Å². The molecule has 1 aromatic rings. The first kappa shape index (κ1) is 16.8.